The number of hydrogen-bond donors (Lipinski definition) is 2. The van der Waals surface area contributed by atoms with Crippen molar-refractivity contribution < 1.29 is 263 Å². The molecule has 0 bridgehead atoms. The maximum absolute atomic E-state index is 11.3. The van der Waals surface area contributed by atoms with E-state index in [0.717, 1.165) is 38.5 Å². The van der Waals surface area contributed by atoms with Crippen LogP contribution in [-0.2, 0) is 19.2 Å². The van der Waals surface area contributed by atoms with Crippen LogP contribution in [0.15, 0.2) is 47.9 Å². The Morgan fingerprint density at radius 3 is 0.795 bits per heavy atom. The second kappa shape index (κ2) is 258. The van der Waals surface area contributed by atoms with Crippen LogP contribution >= 0.6 is 32.9 Å². The van der Waals surface area contributed by atoms with E-state index in [1.165, 1.54) is 26.2 Å². The third-order valence-electron chi connectivity index (χ3n) is 3.00. The number of aldehydes is 1. The van der Waals surface area contributed by atoms with Crippen LogP contribution in [0, 0.1) is 43.5 Å². The zero-order valence-electron chi connectivity index (χ0n) is 57.8. The maximum atomic E-state index is 11.3. The van der Waals surface area contributed by atoms with E-state index in [1.54, 1.807) is 34.8 Å². The molecule has 78 heavy (non-hydrogen) atoms. The van der Waals surface area contributed by atoms with Gasteiger partial charge in [0.1, 0.15) is 23.5 Å². The second-order valence-corrected chi connectivity index (χ2v) is 10.1. The van der Waals surface area contributed by atoms with Crippen molar-refractivity contribution in [3.63, 3.8) is 0 Å². The van der Waals surface area contributed by atoms with E-state index in [1.807, 2.05) is 123 Å². The molecule has 0 spiro atoms. The molecule has 0 aromatic carbocycles. The molecule has 457 valence electrons. The van der Waals surface area contributed by atoms with Crippen LogP contribution in [0.3, 0.4) is 0 Å². The number of rotatable bonds is 4. The Labute approximate surface area is 643 Å². The average Bonchev–Trinajstić information content (AvgIpc) is 3.36. The smallest absolute Gasteiger partial charge is 1.00 e. The first-order valence-electron chi connectivity index (χ1n) is 22.7. The first-order chi connectivity index (χ1) is 32.6. The molecule has 0 amide bonds. The number of aliphatic hydroxyl groups excluding tert-OH is 1. The number of methoxy groups -OCH3 is 1. The Bertz CT molecular complexity index is 945. The first kappa shape index (κ1) is 178. The third-order valence-corrected chi connectivity index (χ3v) is 3.00. The summed E-state index contributed by atoms with van der Waals surface area (Å²) in [6.45, 7) is 53.4. The number of alkyl halides is 1. The van der Waals surface area contributed by atoms with Gasteiger partial charge in [-0.1, -0.05) is 150 Å². The van der Waals surface area contributed by atoms with Gasteiger partial charge in [-0.3, -0.25) is 4.79 Å². The van der Waals surface area contributed by atoms with Crippen molar-refractivity contribution in [2.45, 2.75) is 218 Å². The zero-order valence-corrected chi connectivity index (χ0v) is 69.3. The molecule has 0 aliphatic rings. The molecular weight excluding hydrogens is 1240 g/mol. The summed E-state index contributed by atoms with van der Waals surface area (Å²) in [6.07, 6.45) is 11.0. The average molecular weight is 1350 g/mol. The monoisotopic (exact) mass is 1350 g/mol. The Hall–Kier alpha value is 2.85. The van der Waals surface area contributed by atoms with Crippen LogP contribution in [0.5, 0.6) is 0 Å². The number of halogens is 11. The van der Waals surface area contributed by atoms with E-state index in [4.69, 9.17) is 31.5 Å². The maximum Gasteiger partial charge on any atom is 1.00 e. The zero-order chi connectivity index (χ0) is 62.0. The van der Waals surface area contributed by atoms with Crippen molar-refractivity contribution in [3.8, 4) is 36.5 Å². The summed E-state index contributed by atoms with van der Waals surface area (Å²) < 4.78 is 101. The quantitative estimate of drug-likeness (QED) is 0.0485. The van der Waals surface area contributed by atoms with Gasteiger partial charge in [0.2, 0.25) is 0 Å². The molecule has 0 heterocycles. The molecule has 0 rings (SSSR count). The first-order valence-corrected chi connectivity index (χ1v) is 23.8. The van der Waals surface area contributed by atoms with Gasteiger partial charge < -0.3 is 45.1 Å². The van der Waals surface area contributed by atoms with Gasteiger partial charge in [0.25, 0.3) is 6.47 Å². The molecule has 0 atom stereocenters. The summed E-state index contributed by atoms with van der Waals surface area (Å²) in [6, 6.07) is 0. The molecule has 3 N–H and O–H groups in total. The number of carbonyl (C=O) groups is 2. The Kier molecular flexibility index (Phi) is 588. The summed E-state index contributed by atoms with van der Waals surface area (Å²) in [5, 5.41) is 25.7. The van der Waals surface area contributed by atoms with Gasteiger partial charge >= 0.3 is 199 Å². The van der Waals surface area contributed by atoms with Crippen molar-refractivity contribution in [1.29, 1.82) is 0 Å². The molecule has 0 saturated heterocycles. The fraction of sp³-hybridized carbons (Fsp3) is 0.679. The summed E-state index contributed by atoms with van der Waals surface area (Å²) in [7, 11) is 1.68. The van der Waals surface area contributed by atoms with E-state index < -0.39 is 41.3 Å². The summed E-state index contributed by atoms with van der Waals surface area (Å²) in [5.74, 6) is 6.88. The van der Waals surface area contributed by atoms with E-state index >= 15 is 0 Å². The van der Waals surface area contributed by atoms with Crippen molar-refractivity contribution in [2.24, 2.45) is 0 Å². The van der Waals surface area contributed by atoms with Gasteiger partial charge in [-0.25, -0.2) is 13.2 Å². The van der Waals surface area contributed by atoms with Gasteiger partial charge in [-0.15, -0.1) is 47.6 Å². The number of allylic oxidation sites excluding steroid dienone is 5. The number of carbonyl (C=O) groups excluding carboxylic acids is 2. The Balaban J connectivity index is -0.0000000128. The minimum Gasteiger partial charge on any atom is -1.00 e. The normalized spacial score (nSPS) is 6.31. The number of unbranched alkanes of at least 4 members (excludes halogenated alkanes) is 2. The number of hydrogen-bond acceptors (Lipinski definition) is 8. The number of terminal acetylenes is 2. The van der Waals surface area contributed by atoms with Gasteiger partial charge in [-0.2, -0.15) is 32.8 Å². The summed E-state index contributed by atoms with van der Waals surface area (Å²) >= 11 is 3.15. The largest absolute Gasteiger partial charge is 1.00 e. The van der Waals surface area contributed by atoms with Crippen LogP contribution in [0.1, 0.15) is 215 Å². The SMILES string of the molecule is Br.C#CC.C#CC(C)(C)O.C/C(F)=C(/C)F.CC.CC.CC.CC.CC.CC#CC.CC(F)=C(F)F.CC=CC.CC=O.CCBr.CCCC.CCO.CCOC.FC(F)=C(F)F.O=CO[O-].[B].[CH2-]CCC.[H-].[H-].[K+].[K+].[Li+].[Na+].[Na+].[OH-]. The molecule has 8 nitrogen and oxygen atoms in total. The van der Waals surface area contributed by atoms with Crippen molar-refractivity contribution in [2.75, 3.05) is 25.7 Å². The molecule has 0 aromatic heterocycles. The summed E-state index contributed by atoms with van der Waals surface area (Å²) in [4.78, 5) is 20.1. The predicted molar refractivity (Wildman–Crippen MR) is 314 cm³/mol. The van der Waals surface area contributed by atoms with Gasteiger partial charge in [0.15, 0.2) is 5.83 Å². The number of aliphatic hydroxyl groups is 2. The van der Waals surface area contributed by atoms with Gasteiger partial charge in [-0.05, 0) is 90.0 Å². The molecule has 0 unspecified atom stereocenters. The fourth-order valence-corrected chi connectivity index (χ4v) is 0. The standard InChI is InChI=1S/C5H8O.C4H6F2.C4H10.C4H9.C4H8.C4H6.C3H3F3.C3H8O.C3H4.C2H5Br.C2F4.C2H6O.C2H4O.5C2H6.CH2O3.B.BrH.2K.Li.2Na.H2O.2H/c1-4-5(2,3)6;1-3(5)4(2)6;4*1-3-4-2;1-2(4)3(5)6;1-3-4-2;1-3-2;1-2-3;3-1(4)2(5)6;2*1-2-3;5*1-2;2-1-4-3;;;;;;;;;;/h1,6H,2-3H3;1-2H3;3-4H2,1-2H3;1,3-4H2,2H3;3-4H,1-2H3;1-2H3;1H3;3H2,1-2H3;1H,2H3;2H2,1H3;;3H,2H2,1H3;2H,1H3;5*1-2H3;1,3H;;1H;;;;;;1H2;;/q;;;-1;;;;;;;;;;;;;;;;;;5*+1;;2*-1/p-2/b;4-3+;;;;;;;;;;;;;;;;;;;;;;;;;;;. The topological polar surface area (TPSA) is 146 Å². The Morgan fingerprint density at radius 2 is 0.795 bits per heavy atom. The van der Waals surface area contributed by atoms with Gasteiger partial charge in [0.05, 0.1) is 0 Å². The molecule has 0 aliphatic heterocycles. The Morgan fingerprint density at radius 1 is 0.667 bits per heavy atom. The van der Waals surface area contributed by atoms with Crippen LogP contribution in [0.2, 0.25) is 0 Å². The van der Waals surface area contributed by atoms with E-state index in [-0.39, 0.29) is 228 Å². The molecule has 0 aliphatic carbocycles. The molecule has 25 heteroatoms. The van der Waals surface area contributed by atoms with Crippen LogP contribution in [-0.4, -0.2) is 68.1 Å². The number of ether oxygens (including phenoxy) is 1. The van der Waals surface area contributed by atoms with Crippen molar-refractivity contribution in [3.05, 3.63) is 54.8 Å². The third kappa shape index (κ3) is 840. The fourth-order valence-electron chi connectivity index (χ4n) is 0. The molecule has 0 aromatic rings. The molecular formula is C53H112BBr2F9K2LiNa2O8. The summed E-state index contributed by atoms with van der Waals surface area (Å²) in [5.41, 5.74) is -0.931. The predicted octanol–water partition coefficient (Wildman–Crippen LogP) is 4.41. The second-order valence-electron chi connectivity index (χ2n) is 8.98. The molecule has 0 saturated carbocycles. The van der Waals surface area contributed by atoms with E-state index in [9.17, 15) is 39.5 Å². The van der Waals surface area contributed by atoms with E-state index in [2.05, 4.69) is 83.4 Å². The van der Waals surface area contributed by atoms with Crippen LogP contribution in [0.4, 0.5) is 39.5 Å². The minimum atomic E-state index is -2.91. The van der Waals surface area contributed by atoms with Crippen molar-refractivity contribution in [1.82, 2.24) is 0 Å². The molecule has 3 radical (unpaired) electrons. The van der Waals surface area contributed by atoms with Gasteiger partial charge in [0, 0.05) is 34.1 Å². The van der Waals surface area contributed by atoms with Crippen molar-refractivity contribution >= 4 is 54.1 Å². The minimum absolute atomic E-state index is 0. The van der Waals surface area contributed by atoms with E-state index in [0.29, 0.717) is 6.92 Å². The molecule has 0 fully saturated rings. The van der Waals surface area contributed by atoms with Crippen LogP contribution in [0.25, 0.3) is 0 Å². The van der Waals surface area contributed by atoms with Crippen LogP contribution < -0.4 is 186 Å².